The van der Waals surface area contributed by atoms with Gasteiger partial charge in [-0.1, -0.05) is 30.1 Å². The van der Waals surface area contributed by atoms with Crippen LogP contribution in [0, 0.1) is 5.82 Å². The van der Waals surface area contributed by atoms with Crippen molar-refractivity contribution in [2.24, 2.45) is 0 Å². The molecular weight excluding hydrogens is 325 g/mol. The third kappa shape index (κ3) is 4.42. The molecule has 0 bridgehead atoms. The summed E-state index contributed by atoms with van der Waals surface area (Å²) in [5.74, 6) is 0.538. The molecule has 0 radical (unpaired) electrons. The van der Waals surface area contributed by atoms with Crippen molar-refractivity contribution in [2.75, 3.05) is 13.7 Å². The van der Waals surface area contributed by atoms with Crippen LogP contribution in [0.4, 0.5) is 4.39 Å². The van der Waals surface area contributed by atoms with E-state index in [1.807, 2.05) is 0 Å². The minimum absolute atomic E-state index is 0.0457. The highest BCUT2D eigenvalue weighted by Gasteiger charge is 2.30. The highest BCUT2D eigenvalue weighted by molar-refractivity contribution is 5.79. The predicted molar refractivity (Wildman–Crippen MR) is 88.0 cm³/mol. The van der Waals surface area contributed by atoms with E-state index in [1.165, 1.54) is 12.1 Å². The zero-order valence-corrected chi connectivity index (χ0v) is 14.3. The Labute approximate surface area is 146 Å². The van der Waals surface area contributed by atoms with Crippen LogP contribution in [-0.2, 0) is 22.6 Å². The second-order valence-electron chi connectivity index (χ2n) is 6.24. The van der Waals surface area contributed by atoms with Crippen LogP contribution in [0.2, 0.25) is 0 Å². The number of carbonyl (C=O) groups excluding carboxylic acids is 1. The summed E-state index contributed by atoms with van der Waals surface area (Å²) in [5, 5.41) is 4.03. The van der Waals surface area contributed by atoms with E-state index < -0.39 is 0 Å². The van der Waals surface area contributed by atoms with Crippen molar-refractivity contribution in [3.63, 3.8) is 0 Å². The second-order valence-corrected chi connectivity index (χ2v) is 6.24. The molecule has 2 aromatic rings. The van der Waals surface area contributed by atoms with E-state index in [4.69, 9.17) is 9.26 Å². The average Bonchev–Trinajstić information content (AvgIpc) is 2.90. The Kier molecular flexibility index (Phi) is 5.75. The van der Waals surface area contributed by atoms with Crippen molar-refractivity contribution >= 4 is 5.91 Å². The normalized spacial score (nSPS) is 18.2. The van der Waals surface area contributed by atoms with Crippen LogP contribution in [0.1, 0.15) is 49.0 Å². The number of rotatable bonds is 5. The van der Waals surface area contributed by atoms with Gasteiger partial charge in [0.2, 0.25) is 5.91 Å². The van der Waals surface area contributed by atoms with Gasteiger partial charge in [0.1, 0.15) is 12.4 Å². The summed E-state index contributed by atoms with van der Waals surface area (Å²) >= 11 is 0. The molecule has 3 rings (SSSR count). The van der Waals surface area contributed by atoms with Crippen LogP contribution in [0.25, 0.3) is 0 Å². The number of halogens is 1. The molecule has 0 aliphatic carbocycles. The maximum Gasteiger partial charge on any atom is 0.252 e. The molecule has 1 fully saturated rings. The summed E-state index contributed by atoms with van der Waals surface area (Å²) in [6.45, 7) is 0.893. The fourth-order valence-electron chi connectivity index (χ4n) is 3.18. The number of ether oxygens (including phenoxy) is 1. The molecule has 6 nitrogen and oxygen atoms in total. The van der Waals surface area contributed by atoms with Crippen molar-refractivity contribution in [1.82, 2.24) is 15.0 Å². The molecule has 2 heterocycles. The fraction of sp³-hybridized carbons (Fsp3) is 0.500. The Hall–Kier alpha value is -2.28. The lowest BCUT2D eigenvalue weighted by Crippen LogP contribution is -2.36. The second kappa shape index (κ2) is 8.20. The van der Waals surface area contributed by atoms with Gasteiger partial charge < -0.3 is 14.2 Å². The van der Waals surface area contributed by atoms with Crippen LogP contribution in [0.15, 0.2) is 28.8 Å². The predicted octanol–water partition coefficient (Wildman–Crippen LogP) is 3.04. The number of hydrogen-bond acceptors (Lipinski definition) is 5. The van der Waals surface area contributed by atoms with Gasteiger partial charge in [-0.2, -0.15) is 4.98 Å². The maximum absolute atomic E-state index is 13.4. The number of benzene rings is 1. The molecule has 134 valence electrons. The van der Waals surface area contributed by atoms with Gasteiger partial charge in [0.05, 0.1) is 12.5 Å². The Balaban J connectivity index is 1.78. The van der Waals surface area contributed by atoms with E-state index in [9.17, 15) is 9.18 Å². The van der Waals surface area contributed by atoms with Gasteiger partial charge in [0.25, 0.3) is 5.89 Å². The first-order chi connectivity index (χ1) is 12.2. The largest absolute Gasteiger partial charge is 0.375 e. The van der Waals surface area contributed by atoms with Crippen molar-refractivity contribution in [3.05, 3.63) is 47.4 Å². The Morgan fingerprint density at radius 1 is 1.40 bits per heavy atom. The van der Waals surface area contributed by atoms with Gasteiger partial charge in [-0.3, -0.25) is 4.79 Å². The van der Waals surface area contributed by atoms with Gasteiger partial charge >= 0.3 is 0 Å². The average molecular weight is 347 g/mol. The highest BCUT2D eigenvalue weighted by atomic mass is 19.1. The monoisotopic (exact) mass is 347 g/mol. The summed E-state index contributed by atoms with van der Waals surface area (Å²) in [6.07, 6.45) is 3.96. The van der Waals surface area contributed by atoms with Crippen molar-refractivity contribution < 1.29 is 18.4 Å². The van der Waals surface area contributed by atoms with Crippen molar-refractivity contribution in [2.45, 2.75) is 44.8 Å². The first-order valence-corrected chi connectivity index (χ1v) is 8.52. The fourth-order valence-corrected chi connectivity index (χ4v) is 3.18. The lowest BCUT2D eigenvalue weighted by Gasteiger charge is -2.28. The number of likely N-dealkylation sites (tertiary alicyclic amines) is 1. The topological polar surface area (TPSA) is 68.5 Å². The standard InChI is InChI=1S/C18H22FN3O3/c1-24-12-16-20-18(21-25-16)15-8-3-2-4-9-22(15)17(23)11-13-6-5-7-14(19)10-13/h5-7,10,15H,2-4,8-9,11-12H2,1H3/t15-/m1/s1. The maximum atomic E-state index is 13.4. The third-order valence-corrected chi connectivity index (χ3v) is 4.37. The van der Waals surface area contributed by atoms with Crippen LogP contribution in [0.3, 0.4) is 0 Å². The van der Waals surface area contributed by atoms with E-state index in [-0.39, 0.29) is 30.8 Å². The molecular formula is C18H22FN3O3. The Bertz CT molecular complexity index is 719. The number of nitrogens with zero attached hydrogens (tertiary/aromatic N) is 3. The zero-order valence-electron chi connectivity index (χ0n) is 14.3. The molecule has 1 aliphatic heterocycles. The van der Waals surface area contributed by atoms with E-state index in [1.54, 1.807) is 24.1 Å². The van der Waals surface area contributed by atoms with Crippen LogP contribution in [0.5, 0.6) is 0 Å². The molecule has 0 unspecified atom stereocenters. The number of hydrogen-bond donors (Lipinski definition) is 0. The van der Waals surface area contributed by atoms with E-state index >= 15 is 0 Å². The van der Waals surface area contributed by atoms with Crippen LogP contribution < -0.4 is 0 Å². The molecule has 0 saturated carbocycles. The van der Waals surface area contributed by atoms with Crippen molar-refractivity contribution in [1.29, 1.82) is 0 Å². The number of amides is 1. The van der Waals surface area contributed by atoms with E-state index in [0.717, 1.165) is 25.7 Å². The Morgan fingerprint density at radius 3 is 3.08 bits per heavy atom. The molecule has 7 heteroatoms. The van der Waals surface area contributed by atoms with Gasteiger partial charge in [0, 0.05) is 13.7 Å². The summed E-state index contributed by atoms with van der Waals surface area (Å²) in [5.41, 5.74) is 0.668. The SMILES string of the molecule is COCc1nc([C@H]2CCCCCN2C(=O)Cc2cccc(F)c2)no1. The third-order valence-electron chi connectivity index (χ3n) is 4.37. The molecule has 1 aromatic carbocycles. The summed E-state index contributed by atoms with van der Waals surface area (Å²) in [6, 6.07) is 5.94. The van der Waals surface area contributed by atoms with Gasteiger partial charge in [-0.15, -0.1) is 0 Å². The zero-order chi connectivity index (χ0) is 17.6. The molecule has 1 atom stereocenters. The minimum atomic E-state index is -0.333. The molecule has 1 amide bonds. The molecule has 0 N–H and O–H groups in total. The molecule has 25 heavy (non-hydrogen) atoms. The molecule has 1 aliphatic rings. The first kappa shape index (κ1) is 17.5. The summed E-state index contributed by atoms with van der Waals surface area (Å²) in [4.78, 5) is 19.0. The van der Waals surface area contributed by atoms with Crippen LogP contribution in [-0.4, -0.2) is 34.6 Å². The molecule has 1 saturated heterocycles. The molecule has 0 spiro atoms. The quantitative estimate of drug-likeness (QED) is 0.831. The number of carbonyl (C=O) groups is 1. The first-order valence-electron chi connectivity index (χ1n) is 8.52. The van der Waals surface area contributed by atoms with Gasteiger partial charge in [0.15, 0.2) is 5.82 Å². The minimum Gasteiger partial charge on any atom is -0.375 e. The Morgan fingerprint density at radius 2 is 2.28 bits per heavy atom. The number of aromatic nitrogens is 2. The smallest absolute Gasteiger partial charge is 0.252 e. The molecule has 1 aromatic heterocycles. The van der Waals surface area contributed by atoms with Crippen LogP contribution >= 0.6 is 0 Å². The lowest BCUT2D eigenvalue weighted by atomic mass is 10.1. The van der Waals surface area contributed by atoms with Gasteiger partial charge in [-0.05, 0) is 30.5 Å². The highest BCUT2D eigenvalue weighted by Crippen LogP contribution is 2.29. The van der Waals surface area contributed by atoms with Gasteiger partial charge in [-0.25, -0.2) is 4.39 Å². The van der Waals surface area contributed by atoms with E-state index in [0.29, 0.717) is 23.8 Å². The van der Waals surface area contributed by atoms with Crippen molar-refractivity contribution in [3.8, 4) is 0 Å². The van der Waals surface area contributed by atoms with E-state index in [2.05, 4.69) is 10.1 Å². The number of methoxy groups -OCH3 is 1. The lowest BCUT2D eigenvalue weighted by molar-refractivity contribution is -0.133. The summed E-state index contributed by atoms with van der Waals surface area (Å²) < 4.78 is 23.6. The summed E-state index contributed by atoms with van der Waals surface area (Å²) in [7, 11) is 1.56.